The van der Waals surface area contributed by atoms with Gasteiger partial charge in [-0.25, -0.2) is 9.97 Å². The number of hydrogen-bond donors (Lipinski definition) is 1. The molecule has 1 unspecified atom stereocenters. The molecule has 2 aromatic heterocycles. The number of nitrogens with one attached hydrogen (secondary N) is 1. The molecule has 2 heterocycles. The van der Waals surface area contributed by atoms with Gasteiger partial charge in [0.2, 0.25) is 5.91 Å². The highest BCUT2D eigenvalue weighted by atomic mass is 32.2. The number of rotatable bonds is 7. The Morgan fingerprint density at radius 1 is 1.14 bits per heavy atom. The first kappa shape index (κ1) is 19.4. The standard InChI is InChI=1S/C22H21N3O3S/c1-13-18(14(2)26)22(25-20(23-13)17-9-6-12-28-17)29-19(15-7-4-3-5-8-15)21(27)24-16-10-11-16/h3-9,12,16,19H,10-11H2,1-2H3,(H,24,27). The highest BCUT2D eigenvalue weighted by Crippen LogP contribution is 2.38. The molecule has 1 amide bonds. The maximum atomic E-state index is 13.0. The number of nitrogens with zero attached hydrogens (tertiary/aromatic N) is 2. The Labute approximate surface area is 173 Å². The lowest BCUT2D eigenvalue weighted by Crippen LogP contribution is -2.30. The summed E-state index contributed by atoms with van der Waals surface area (Å²) in [5.74, 6) is 0.706. The summed E-state index contributed by atoms with van der Waals surface area (Å²) < 4.78 is 5.43. The van der Waals surface area contributed by atoms with Crippen LogP contribution in [-0.2, 0) is 4.79 Å². The van der Waals surface area contributed by atoms with E-state index >= 15 is 0 Å². The van der Waals surface area contributed by atoms with Crippen LogP contribution >= 0.6 is 11.8 Å². The third-order valence-corrected chi connectivity index (χ3v) is 5.88. The highest BCUT2D eigenvalue weighted by molar-refractivity contribution is 8.00. The van der Waals surface area contributed by atoms with Crippen molar-refractivity contribution in [3.63, 3.8) is 0 Å². The van der Waals surface area contributed by atoms with E-state index in [1.54, 1.807) is 25.3 Å². The molecule has 1 atom stereocenters. The highest BCUT2D eigenvalue weighted by Gasteiger charge is 2.31. The SMILES string of the molecule is CC(=O)c1c(C)nc(-c2ccco2)nc1SC(C(=O)NC1CC1)c1ccccc1. The van der Waals surface area contributed by atoms with Gasteiger partial charge in [-0.2, -0.15) is 0 Å². The van der Waals surface area contributed by atoms with Gasteiger partial charge in [0, 0.05) is 6.04 Å². The zero-order valence-electron chi connectivity index (χ0n) is 16.2. The number of thioether (sulfide) groups is 1. The van der Waals surface area contributed by atoms with Gasteiger partial charge in [0.1, 0.15) is 10.3 Å². The Morgan fingerprint density at radius 3 is 2.52 bits per heavy atom. The average molecular weight is 407 g/mol. The number of ketones is 1. The molecule has 148 valence electrons. The molecule has 1 aromatic carbocycles. The topological polar surface area (TPSA) is 85.1 Å². The molecule has 6 nitrogen and oxygen atoms in total. The number of aryl methyl sites for hydroxylation is 1. The smallest absolute Gasteiger partial charge is 0.238 e. The van der Waals surface area contributed by atoms with Crippen molar-refractivity contribution in [1.82, 2.24) is 15.3 Å². The molecule has 0 bridgehead atoms. The van der Waals surface area contributed by atoms with Crippen molar-refractivity contribution in [2.75, 3.05) is 0 Å². The number of benzene rings is 1. The van der Waals surface area contributed by atoms with E-state index in [2.05, 4.69) is 15.3 Å². The van der Waals surface area contributed by atoms with Crippen LogP contribution in [0.5, 0.6) is 0 Å². The number of carbonyl (C=O) groups is 2. The van der Waals surface area contributed by atoms with Crippen LogP contribution < -0.4 is 5.32 Å². The fourth-order valence-electron chi connectivity index (χ4n) is 3.07. The second-order valence-electron chi connectivity index (χ2n) is 7.04. The van der Waals surface area contributed by atoms with Gasteiger partial charge >= 0.3 is 0 Å². The van der Waals surface area contributed by atoms with E-state index in [4.69, 9.17) is 4.42 Å². The van der Waals surface area contributed by atoms with Gasteiger partial charge in [-0.1, -0.05) is 42.1 Å². The third-order valence-electron chi connectivity index (χ3n) is 4.64. The van der Waals surface area contributed by atoms with E-state index in [0.717, 1.165) is 18.4 Å². The number of amides is 1. The van der Waals surface area contributed by atoms with Crippen LogP contribution in [-0.4, -0.2) is 27.7 Å². The number of carbonyl (C=O) groups excluding carboxylic acids is 2. The minimum atomic E-state index is -0.520. The van der Waals surface area contributed by atoms with Crippen molar-refractivity contribution in [1.29, 1.82) is 0 Å². The zero-order chi connectivity index (χ0) is 20.4. The largest absolute Gasteiger partial charge is 0.461 e. The molecule has 7 heteroatoms. The molecule has 1 saturated carbocycles. The van der Waals surface area contributed by atoms with Gasteiger partial charge in [-0.05, 0) is 44.4 Å². The first-order chi connectivity index (χ1) is 14.0. The van der Waals surface area contributed by atoms with E-state index in [-0.39, 0.29) is 17.7 Å². The van der Waals surface area contributed by atoms with Gasteiger partial charge in [0.15, 0.2) is 17.4 Å². The predicted octanol–water partition coefficient (Wildman–Crippen LogP) is 4.36. The molecule has 0 radical (unpaired) electrons. The van der Waals surface area contributed by atoms with Crippen LogP contribution in [0.3, 0.4) is 0 Å². The van der Waals surface area contributed by atoms with Crippen molar-refractivity contribution in [2.24, 2.45) is 0 Å². The predicted molar refractivity (Wildman–Crippen MR) is 111 cm³/mol. The number of furan rings is 1. The molecule has 0 spiro atoms. The van der Waals surface area contributed by atoms with Crippen LogP contribution in [0.1, 0.15) is 46.6 Å². The Balaban J connectivity index is 1.75. The first-order valence-electron chi connectivity index (χ1n) is 9.48. The second-order valence-corrected chi connectivity index (χ2v) is 8.13. The third kappa shape index (κ3) is 4.40. The zero-order valence-corrected chi connectivity index (χ0v) is 17.0. The molecule has 29 heavy (non-hydrogen) atoms. The Kier molecular flexibility index (Phi) is 5.49. The summed E-state index contributed by atoms with van der Waals surface area (Å²) in [6.07, 6.45) is 3.56. The van der Waals surface area contributed by atoms with Gasteiger partial charge < -0.3 is 9.73 Å². The minimum absolute atomic E-state index is 0.0750. The molecular formula is C22H21N3O3S. The maximum Gasteiger partial charge on any atom is 0.238 e. The normalized spacial score (nSPS) is 14.4. The summed E-state index contributed by atoms with van der Waals surface area (Å²) in [6.45, 7) is 3.26. The Hall–Kier alpha value is -2.93. The van der Waals surface area contributed by atoms with Crippen molar-refractivity contribution < 1.29 is 14.0 Å². The van der Waals surface area contributed by atoms with Gasteiger partial charge in [0.25, 0.3) is 0 Å². The maximum absolute atomic E-state index is 13.0. The minimum Gasteiger partial charge on any atom is -0.461 e. The van der Waals surface area contributed by atoms with Crippen LogP contribution in [0.25, 0.3) is 11.6 Å². The molecule has 0 aliphatic heterocycles. The summed E-state index contributed by atoms with van der Waals surface area (Å²) in [5.41, 5.74) is 1.86. The monoisotopic (exact) mass is 407 g/mol. The molecule has 1 N–H and O–H groups in total. The van der Waals surface area contributed by atoms with Crippen LogP contribution in [0.4, 0.5) is 0 Å². The number of Topliss-reactive ketones (excluding diaryl/α,β-unsaturated/α-hetero) is 1. The molecule has 0 saturated heterocycles. The summed E-state index contributed by atoms with van der Waals surface area (Å²) in [4.78, 5) is 34.4. The second kappa shape index (κ2) is 8.21. The van der Waals surface area contributed by atoms with Gasteiger partial charge in [-0.15, -0.1) is 0 Å². The van der Waals surface area contributed by atoms with Crippen LogP contribution in [0.2, 0.25) is 0 Å². The molecule has 1 fully saturated rings. The summed E-state index contributed by atoms with van der Waals surface area (Å²) in [7, 11) is 0. The van der Waals surface area contributed by atoms with E-state index in [1.807, 2.05) is 30.3 Å². The summed E-state index contributed by atoms with van der Waals surface area (Å²) in [5, 5.41) is 3.03. The van der Waals surface area contributed by atoms with Crippen LogP contribution in [0.15, 0.2) is 58.2 Å². The lowest BCUT2D eigenvalue weighted by atomic mass is 10.1. The van der Waals surface area contributed by atoms with Gasteiger partial charge in [-0.3, -0.25) is 9.59 Å². The average Bonchev–Trinajstić information content (AvgIpc) is 3.34. The summed E-state index contributed by atoms with van der Waals surface area (Å²) in [6, 6.07) is 13.3. The van der Waals surface area contributed by atoms with Gasteiger partial charge in [0.05, 0.1) is 17.5 Å². The van der Waals surface area contributed by atoms with E-state index in [0.29, 0.717) is 27.9 Å². The van der Waals surface area contributed by atoms with Crippen molar-refractivity contribution >= 4 is 23.5 Å². The molecule has 1 aliphatic rings. The number of hydrogen-bond acceptors (Lipinski definition) is 6. The van der Waals surface area contributed by atoms with E-state index in [9.17, 15) is 9.59 Å². The van der Waals surface area contributed by atoms with E-state index in [1.165, 1.54) is 18.7 Å². The Bertz CT molecular complexity index is 1030. The molecule has 4 rings (SSSR count). The van der Waals surface area contributed by atoms with E-state index < -0.39 is 5.25 Å². The lowest BCUT2D eigenvalue weighted by Gasteiger charge is -2.18. The molecule has 3 aromatic rings. The van der Waals surface area contributed by atoms with Crippen molar-refractivity contribution in [2.45, 2.75) is 43.0 Å². The molecule has 1 aliphatic carbocycles. The summed E-state index contributed by atoms with van der Waals surface area (Å²) >= 11 is 1.27. The Morgan fingerprint density at radius 2 is 1.90 bits per heavy atom. The van der Waals surface area contributed by atoms with Crippen LogP contribution in [0, 0.1) is 6.92 Å². The van der Waals surface area contributed by atoms with Crippen molar-refractivity contribution in [3.8, 4) is 11.6 Å². The first-order valence-corrected chi connectivity index (χ1v) is 10.4. The van der Waals surface area contributed by atoms with Crippen molar-refractivity contribution in [3.05, 3.63) is 65.5 Å². The quantitative estimate of drug-likeness (QED) is 0.356. The number of aromatic nitrogens is 2. The fourth-order valence-corrected chi connectivity index (χ4v) is 4.31. The molecular weight excluding hydrogens is 386 g/mol. The fraction of sp³-hybridized carbons (Fsp3) is 0.273. The lowest BCUT2D eigenvalue weighted by molar-refractivity contribution is -0.120.